The number of halogens is 2. The molecule has 28 heavy (non-hydrogen) atoms. The summed E-state index contributed by atoms with van der Waals surface area (Å²) in [7, 11) is -4.20. The lowest BCUT2D eigenvalue weighted by Gasteiger charge is -2.09. The minimum absolute atomic E-state index is 0.0675. The number of aryl methyl sites for hydroxylation is 1. The fourth-order valence-electron chi connectivity index (χ4n) is 2.57. The monoisotopic (exact) mass is 405 g/mol. The van der Waals surface area contributed by atoms with Crippen molar-refractivity contribution in [3.05, 3.63) is 82.7 Å². The van der Waals surface area contributed by atoms with Crippen molar-refractivity contribution in [3.63, 3.8) is 0 Å². The van der Waals surface area contributed by atoms with Crippen LogP contribution in [0.15, 0.2) is 70.4 Å². The molecule has 1 aromatic heterocycles. The summed E-state index contributed by atoms with van der Waals surface area (Å²) in [4.78, 5) is 11.2. The number of nitrogens with one attached hydrogen (secondary N) is 1. The Hall–Kier alpha value is -2.91. The second-order valence-corrected chi connectivity index (χ2v) is 7.71. The van der Waals surface area contributed by atoms with E-state index in [2.05, 4.69) is 9.82 Å². The fourth-order valence-corrected chi connectivity index (χ4v) is 3.73. The SMILES string of the molecule is O=c1ccc(-c2ccccc2)nn1CCCNS(=O)(=O)c1cc(F)ccc1F. The number of aromatic nitrogens is 2. The third kappa shape index (κ3) is 4.68. The molecule has 146 valence electrons. The first-order valence-electron chi connectivity index (χ1n) is 8.45. The predicted molar refractivity (Wildman–Crippen MR) is 100 cm³/mol. The summed E-state index contributed by atoms with van der Waals surface area (Å²) in [5.41, 5.74) is 1.14. The first kappa shape index (κ1) is 19.8. The van der Waals surface area contributed by atoms with E-state index < -0.39 is 26.6 Å². The quantitative estimate of drug-likeness (QED) is 0.613. The standard InChI is InChI=1S/C19H17F2N3O3S/c20-15-7-8-16(21)18(13-15)28(26,27)22-11-4-12-24-19(25)10-9-17(23-24)14-5-2-1-3-6-14/h1-3,5-10,13,22H,4,11-12H2. The maximum Gasteiger partial charge on any atom is 0.266 e. The third-order valence-electron chi connectivity index (χ3n) is 3.96. The molecule has 2 aromatic carbocycles. The highest BCUT2D eigenvalue weighted by Gasteiger charge is 2.19. The van der Waals surface area contributed by atoms with Gasteiger partial charge in [-0.2, -0.15) is 5.10 Å². The van der Waals surface area contributed by atoms with Crippen LogP contribution >= 0.6 is 0 Å². The Morgan fingerprint density at radius 1 is 1.00 bits per heavy atom. The average Bonchev–Trinajstić information content (AvgIpc) is 2.69. The zero-order valence-electron chi connectivity index (χ0n) is 14.7. The molecule has 0 aliphatic carbocycles. The zero-order valence-corrected chi connectivity index (χ0v) is 15.5. The van der Waals surface area contributed by atoms with Crippen molar-refractivity contribution in [2.75, 3.05) is 6.54 Å². The van der Waals surface area contributed by atoms with Crippen LogP contribution in [-0.4, -0.2) is 24.7 Å². The molecule has 3 aromatic rings. The van der Waals surface area contributed by atoms with Crippen molar-refractivity contribution < 1.29 is 17.2 Å². The smallest absolute Gasteiger partial charge is 0.266 e. The highest BCUT2D eigenvalue weighted by Crippen LogP contribution is 2.16. The second kappa shape index (κ2) is 8.41. The lowest BCUT2D eigenvalue weighted by atomic mass is 10.1. The van der Waals surface area contributed by atoms with E-state index in [1.165, 1.54) is 10.7 Å². The van der Waals surface area contributed by atoms with Gasteiger partial charge in [0, 0.05) is 24.7 Å². The first-order valence-corrected chi connectivity index (χ1v) is 9.93. The van der Waals surface area contributed by atoms with Crippen LogP contribution in [0, 0.1) is 11.6 Å². The van der Waals surface area contributed by atoms with Gasteiger partial charge < -0.3 is 0 Å². The van der Waals surface area contributed by atoms with Crippen LogP contribution in [0.3, 0.4) is 0 Å². The van der Waals surface area contributed by atoms with Gasteiger partial charge in [0.15, 0.2) is 0 Å². The summed E-state index contributed by atoms with van der Waals surface area (Å²) in [5, 5.41) is 4.28. The molecule has 0 aliphatic rings. The Kier molecular flexibility index (Phi) is 5.96. The molecule has 0 saturated heterocycles. The Labute approximate surface area is 160 Å². The highest BCUT2D eigenvalue weighted by molar-refractivity contribution is 7.89. The number of sulfonamides is 1. The van der Waals surface area contributed by atoms with Crippen LogP contribution in [0.1, 0.15) is 6.42 Å². The molecular formula is C19H17F2N3O3S. The van der Waals surface area contributed by atoms with Crippen molar-refractivity contribution in [2.24, 2.45) is 0 Å². The molecule has 0 spiro atoms. The first-order chi connectivity index (χ1) is 13.4. The number of hydrogen-bond acceptors (Lipinski definition) is 4. The molecule has 3 rings (SSSR count). The molecule has 1 N–H and O–H groups in total. The summed E-state index contributed by atoms with van der Waals surface area (Å²) < 4.78 is 54.5. The maximum atomic E-state index is 13.7. The van der Waals surface area contributed by atoms with Crippen molar-refractivity contribution in [2.45, 2.75) is 17.9 Å². The van der Waals surface area contributed by atoms with Gasteiger partial charge in [-0.15, -0.1) is 0 Å². The molecule has 0 unspecified atom stereocenters. The molecular weight excluding hydrogens is 388 g/mol. The van der Waals surface area contributed by atoms with Gasteiger partial charge in [0.25, 0.3) is 5.56 Å². The van der Waals surface area contributed by atoms with Crippen LogP contribution in [0.5, 0.6) is 0 Å². The van der Waals surface area contributed by atoms with E-state index in [1.54, 1.807) is 6.07 Å². The zero-order chi connectivity index (χ0) is 20.1. The lowest BCUT2D eigenvalue weighted by molar-refractivity contribution is 0.527. The van der Waals surface area contributed by atoms with E-state index in [4.69, 9.17) is 0 Å². The molecule has 0 bridgehead atoms. The highest BCUT2D eigenvalue weighted by atomic mass is 32.2. The fraction of sp³-hybridized carbons (Fsp3) is 0.158. The number of nitrogens with zero attached hydrogens (tertiary/aromatic N) is 2. The normalized spacial score (nSPS) is 11.5. The van der Waals surface area contributed by atoms with Gasteiger partial charge >= 0.3 is 0 Å². The Bertz CT molecular complexity index is 1130. The Balaban J connectivity index is 1.65. The largest absolute Gasteiger partial charge is 0.268 e. The van der Waals surface area contributed by atoms with Gasteiger partial charge in [0.1, 0.15) is 16.5 Å². The van der Waals surface area contributed by atoms with Crippen molar-refractivity contribution in [3.8, 4) is 11.3 Å². The average molecular weight is 405 g/mol. The number of hydrogen-bond donors (Lipinski definition) is 1. The summed E-state index contributed by atoms with van der Waals surface area (Å²) >= 11 is 0. The molecule has 0 radical (unpaired) electrons. The summed E-state index contributed by atoms with van der Waals surface area (Å²) in [6.07, 6.45) is 0.237. The molecule has 0 amide bonds. The van der Waals surface area contributed by atoms with Gasteiger partial charge in [0.05, 0.1) is 5.69 Å². The summed E-state index contributed by atoms with van der Waals surface area (Å²) in [6, 6.07) is 14.5. The van der Waals surface area contributed by atoms with E-state index in [9.17, 15) is 22.0 Å². The van der Waals surface area contributed by atoms with Crippen molar-refractivity contribution >= 4 is 10.0 Å². The number of rotatable bonds is 7. The molecule has 0 fully saturated rings. The Morgan fingerprint density at radius 3 is 2.50 bits per heavy atom. The summed E-state index contributed by atoms with van der Waals surface area (Å²) in [5.74, 6) is -1.89. The minimum Gasteiger partial charge on any atom is -0.268 e. The molecule has 0 aliphatic heterocycles. The topological polar surface area (TPSA) is 81.1 Å². The van der Waals surface area contributed by atoms with E-state index >= 15 is 0 Å². The molecule has 6 nitrogen and oxygen atoms in total. The Morgan fingerprint density at radius 2 is 1.75 bits per heavy atom. The second-order valence-electron chi connectivity index (χ2n) is 5.97. The van der Waals surface area contributed by atoms with Crippen LogP contribution in [0.4, 0.5) is 8.78 Å². The van der Waals surface area contributed by atoms with Gasteiger partial charge in [0.2, 0.25) is 10.0 Å². The summed E-state index contributed by atoms with van der Waals surface area (Å²) in [6.45, 7) is 0.0929. The molecule has 0 atom stereocenters. The van der Waals surface area contributed by atoms with Crippen LogP contribution in [-0.2, 0) is 16.6 Å². The predicted octanol–water partition coefficient (Wildman–Crippen LogP) is 2.56. The van der Waals surface area contributed by atoms with Crippen LogP contribution in [0.25, 0.3) is 11.3 Å². The van der Waals surface area contributed by atoms with Gasteiger partial charge in [-0.05, 0) is 30.7 Å². The third-order valence-corrected chi connectivity index (χ3v) is 5.43. The molecule has 9 heteroatoms. The van der Waals surface area contributed by atoms with Crippen molar-refractivity contribution in [1.82, 2.24) is 14.5 Å². The van der Waals surface area contributed by atoms with Gasteiger partial charge in [-0.3, -0.25) is 4.79 Å². The van der Waals surface area contributed by atoms with E-state index in [-0.39, 0.29) is 25.1 Å². The maximum absolute atomic E-state index is 13.7. The van der Waals surface area contributed by atoms with E-state index in [1.807, 2.05) is 30.3 Å². The molecule has 0 saturated carbocycles. The lowest BCUT2D eigenvalue weighted by Crippen LogP contribution is -2.28. The van der Waals surface area contributed by atoms with E-state index in [0.29, 0.717) is 11.8 Å². The number of benzene rings is 2. The van der Waals surface area contributed by atoms with Crippen LogP contribution in [0.2, 0.25) is 0 Å². The van der Waals surface area contributed by atoms with Crippen LogP contribution < -0.4 is 10.3 Å². The molecule has 1 heterocycles. The van der Waals surface area contributed by atoms with E-state index in [0.717, 1.165) is 17.7 Å². The van der Waals surface area contributed by atoms with Gasteiger partial charge in [-0.1, -0.05) is 30.3 Å². The van der Waals surface area contributed by atoms with Crippen molar-refractivity contribution in [1.29, 1.82) is 0 Å². The van der Waals surface area contributed by atoms with Gasteiger partial charge in [-0.25, -0.2) is 26.6 Å². The minimum atomic E-state index is -4.20.